The van der Waals surface area contributed by atoms with Gasteiger partial charge < -0.3 is 34.5 Å². The molecule has 1 aliphatic rings. The maximum absolute atomic E-state index is 11.9. The molecule has 1 aromatic heterocycles. The van der Waals surface area contributed by atoms with Gasteiger partial charge in [0.25, 0.3) is 5.56 Å². The first-order valence-electron chi connectivity index (χ1n) is 6.45. The zero-order valence-electron chi connectivity index (χ0n) is 12.1. The second-order valence-electron chi connectivity index (χ2n) is 5.04. The number of rotatable bonds is 5. The van der Waals surface area contributed by atoms with E-state index in [2.05, 4.69) is 4.52 Å². The van der Waals surface area contributed by atoms with Crippen molar-refractivity contribution in [3.63, 3.8) is 0 Å². The molecule has 7 N–H and O–H groups in total. The summed E-state index contributed by atoms with van der Waals surface area (Å²) in [4.78, 5) is 60.7. The Morgan fingerprint density at radius 1 is 1.16 bits per heavy atom. The maximum Gasteiger partial charge on any atom is 0.469 e. The number of aromatic nitrogens is 2. The van der Waals surface area contributed by atoms with Crippen LogP contribution in [0.15, 0.2) is 15.7 Å². The first-order chi connectivity index (χ1) is 11.3. The van der Waals surface area contributed by atoms with Crippen molar-refractivity contribution in [1.82, 2.24) is 9.55 Å². The average molecular weight is 404 g/mol. The van der Waals surface area contributed by atoms with Crippen LogP contribution < -0.4 is 16.7 Å². The number of ether oxygens (including phenoxy) is 1. The van der Waals surface area contributed by atoms with Crippen LogP contribution in [0.3, 0.4) is 0 Å². The number of nitrogens with zero attached hydrogens (tertiary/aromatic N) is 1. The molecule has 1 aliphatic heterocycles. The third kappa shape index (κ3) is 4.51. The predicted molar refractivity (Wildman–Crippen MR) is 76.9 cm³/mol. The van der Waals surface area contributed by atoms with Crippen molar-refractivity contribution in [2.45, 2.75) is 24.5 Å². The Morgan fingerprint density at radius 3 is 2.28 bits per heavy atom. The van der Waals surface area contributed by atoms with Gasteiger partial charge in [-0.15, -0.1) is 0 Å². The summed E-state index contributed by atoms with van der Waals surface area (Å²) in [7, 11) is -10.1. The number of phosphoric ester groups is 1. The van der Waals surface area contributed by atoms with Crippen molar-refractivity contribution in [3.05, 3.63) is 26.9 Å². The standard InChI is InChI=1S/C9H14N2O12P2/c12-4-1-5(24(16,17)18)11(9(15)10-4)8-7(14)6(13)3(23-8)2-22-25(19,20)21/h1,3,6-8,13-14H,2H2,(H,10,12,15)(H2,16,17,18)(H2,19,20,21)/t3-,6-,7-,8-/m1/s1. The van der Waals surface area contributed by atoms with Gasteiger partial charge in [0.15, 0.2) is 6.23 Å². The number of hydrogen-bond acceptors (Lipinski definition) is 8. The molecule has 0 bridgehead atoms. The van der Waals surface area contributed by atoms with Crippen LogP contribution in [-0.4, -0.2) is 64.3 Å². The van der Waals surface area contributed by atoms with Gasteiger partial charge in [-0.3, -0.25) is 23.4 Å². The molecule has 0 unspecified atom stereocenters. The lowest BCUT2D eigenvalue weighted by Crippen LogP contribution is -2.45. The number of nitrogens with one attached hydrogen (secondary N) is 1. The second-order valence-corrected chi connectivity index (χ2v) is 7.83. The molecule has 2 heterocycles. The van der Waals surface area contributed by atoms with E-state index >= 15 is 0 Å². The molecule has 142 valence electrons. The van der Waals surface area contributed by atoms with Gasteiger partial charge in [0.1, 0.15) is 23.7 Å². The zero-order valence-corrected chi connectivity index (χ0v) is 13.9. The first-order valence-corrected chi connectivity index (χ1v) is 9.59. The number of phosphoric acid groups is 1. The van der Waals surface area contributed by atoms with E-state index in [9.17, 15) is 38.7 Å². The van der Waals surface area contributed by atoms with E-state index in [0.29, 0.717) is 6.07 Å². The molecule has 25 heavy (non-hydrogen) atoms. The fourth-order valence-electron chi connectivity index (χ4n) is 2.21. The molecule has 4 atom stereocenters. The molecule has 1 fully saturated rings. The van der Waals surface area contributed by atoms with E-state index in [1.807, 2.05) is 0 Å². The summed E-state index contributed by atoms with van der Waals surface area (Å²) in [5, 5.41) is 19.8. The Morgan fingerprint density at radius 2 is 1.76 bits per heavy atom. The molecule has 2 rings (SSSR count). The fourth-order valence-corrected chi connectivity index (χ4v) is 3.33. The molecule has 14 nitrogen and oxygen atoms in total. The van der Waals surface area contributed by atoms with E-state index in [1.165, 1.54) is 0 Å². The van der Waals surface area contributed by atoms with Crippen molar-refractivity contribution in [2.75, 3.05) is 6.61 Å². The maximum atomic E-state index is 11.9. The number of H-pyrrole nitrogens is 1. The smallest absolute Gasteiger partial charge is 0.387 e. The van der Waals surface area contributed by atoms with Gasteiger partial charge in [0.2, 0.25) is 0 Å². The van der Waals surface area contributed by atoms with Crippen molar-refractivity contribution >= 4 is 20.9 Å². The zero-order chi connectivity index (χ0) is 19.2. The quantitative estimate of drug-likeness (QED) is 0.233. The second kappa shape index (κ2) is 6.85. The minimum Gasteiger partial charge on any atom is -0.387 e. The van der Waals surface area contributed by atoms with Gasteiger partial charge in [0.05, 0.1) is 6.61 Å². The molecular weight excluding hydrogens is 390 g/mol. The van der Waals surface area contributed by atoms with Gasteiger partial charge in [-0.1, -0.05) is 0 Å². The summed E-state index contributed by atoms with van der Waals surface area (Å²) >= 11 is 0. The van der Waals surface area contributed by atoms with E-state index < -0.39 is 63.2 Å². The Balaban J connectivity index is 2.43. The summed E-state index contributed by atoms with van der Waals surface area (Å²) < 4.78 is 31.6. The minimum absolute atomic E-state index is 0.244. The lowest BCUT2D eigenvalue weighted by Gasteiger charge is -2.21. The fraction of sp³-hybridized carbons (Fsp3) is 0.556. The Kier molecular flexibility index (Phi) is 5.52. The highest BCUT2D eigenvalue weighted by Gasteiger charge is 2.46. The summed E-state index contributed by atoms with van der Waals surface area (Å²) in [5.41, 5.74) is -3.53. The first kappa shape index (κ1) is 20.1. The molecule has 1 aromatic rings. The van der Waals surface area contributed by atoms with Crippen LogP contribution in [0.25, 0.3) is 0 Å². The normalized spacial score (nSPS) is 27.6. The summed E-state index contributed by atoms with van der Waals surface area (Å²) in [6.07, 6.45) is -7.11. The summed E-state index contributed by atoms with van der Waals surface area (Å²) in [5.74, 6) is 0. The molecule has 0 saturated carbocycles. The van der Waals surface area contributed by atoms with Crippen LogP contribution in [0.5, 0.6) is 0 Å². The molecule has 0 aliphatic carbocycles. The van der Waals surface area contributed by atoms with Gasteiger partial charge in [0, 0.05) is 6.07 Å². The van der Waals surface area contributed by atoms with E-state index in [4.69, 9.17) is 14.5 Å². The minimum atomic E-state index is -5.16. The molecule has 0 amide bonds. The number of hydrogen-bond donors (Lipinski definition) is 7. The van der Waals surface area contributed by atoms with Gasteiger partial charge >= 0.3 is 21.1 Å². The van der Waals surface area contributed by atoms with Crippen LogP contribution in [0.2, 0.25) is 0 Å². The van der Waals surface area contributed by atoms with Crippen LogP contribution in [0.1, 0.15) is 6.23 Å². The highest BCUT2D eigenvalue weighted by atomic mass is 31.2. The van der Waals surface area contributed by atoms with E-state index in [0.717, 1.165) is 0 Å². The van der Waals surface area contributed by atoms with Crippen LogP contribution >= 0.6 is 15.4 Å². The molecule has 1 saturated heterocycles. The number of aliphatic hydroxyl groups excluding tert-OH is 2. The predicted octanol–water partition coefficient (Wildman–Crippen LogP) is -3.93. The Bertz CT molecular complexity index is 851. The highest BCUT2D eigenvalue weighted by Crippen LogP contribution is 2.39. The third-order valence-corrected chi connectivity index (χ3v) is 4.68. The van der Waals surface area contributed by atoms with Crippen LogP contribution in [0, 0.1) is 0 Å². The average Bonchev–Trinajstić information content (AvgIpc) is 2.71. The van der Waals surface area contributed by atoms with Gasteiger partial charge in [-0.25, -0.2) is 9.36 Å². The number of aliphatic hydroxyl groups is 2. The summed E-state index contributed by atoms with van der Waals surface area (Å²) in [6.45, 7) is -0.887. The van der Waals surface area contributed by atoms with Crippen molar-refractivity contribution in [3.8, 4) is 0 Å². The van der Waals surface area contributed by atoms with Crippen LogP contribution in [-0.2, 0) is 18.4 Å². The summed E-state index contributed by atoms with van der Waals surface area (Å²) in [6, 6.07) is 0.421. The Hall–Kier alpha value is -1.18. The lowest BCUT2D eigenvalue weighted by atomic mass is 10.1. The van der Waals surface area contributed by atoms with Crippen molar-refractivity contribution in [2.24, 2.45) is 0 Å². The molecular formula is C9H14N2O12P2. The highest BCUT2D eigenvalue weighted by molar-refractivity contribution is 7.60. The lowest BCUT2D eigenvalue weighted by molar-refractivity contribution is -0.0529. The topological polar surface area (TPSA) is 229 Å². The van der Waals surface area contributed by atoms with Gasteiger partial charge in [-0.2, -0.15) is 0 Å². The monoisotopic (exact) mass is 404 g/mol. The van der Waals surface area contributed by atoms with Crippen LogP contribution in [0.4, 0.5) is 0 Å². The van der Waals surface area contributed by atoms with E-state index in [-0.39, 0.29) is 4.57 Å². The molecule has 0 aromatic carbocycles. The van der Waals surface area contributed by atoms with Crippen molar-refractivity contribution < 1.29 is 48.2 Å². The molecule has 16 heteroatoms. The molecule has 0 spiro atoms. The van der Waals surface area contributed by atoms with E-state index in [1.54, 1.807) is 4.98 Å². The van der Waals surface area contributed by atoms with Gasteiger partial charge in [-0.05, 0) is 0 Å². The third-order valence-electron chi connectivity index (χ3n) is 3.25. The molecule has 0 radical (unpaired) electrons. The Labute approximate surface area is 137 Å². The largest absolute Gasteiger partial charge is 0.469 e. The SMILES string of the molecule is O=c1cc(P(=O)(O)O)n([C@@H]2O[C@H](COP(=O)(O)O)[C@@H](O)[C@H]2O)c(=O)[nH]1. The van der Waals surface area contributed by atoms with Crippen molar-refractivity contribution in [1.29, 1.82) is 0 Å². The number of aromatic amines is 1.